The molecule has 0 bridgehead atoms. The van der Waals surface area contributed by atoms with E-state index in [1.165, 1.54) is 0 Å². The second-order valence-electron chi connectivity index (χ2n) is 5.91. The van der Waals surface area contributed by atoms with Gasteiger partial charge in [0.25, 0.3) is 5.91 Å². The highest BCUT2D eigenvalue weighted by Gasteiger charge is 2.17. The van der Waals surface area contributed by atoms with Crippen LogP contribution >= 0.6 is 0 Å². The number of piperidine rings is 1. The lowest BCUT2D eigenvalue weighted by Gasteiger charge is -2.31. The van der Waals surface area contributed by atoms with Gasteiger partial charge in [0.1, 0.15) is 0 Å². The number of aryl methyl sites for hydroxylation is 1. The Kier molecular flexibility index (Phi) is 4.57. The fraction of sp³-hybridized carbons (Fsp3) is 0.333. The zero-order valence-corrected chi connectivity index (χ0v) is 13.2. The van der Waals surface area contributed by atoms with Crippen molar-refractivity contribution < 1.29 is 9.90 Å². The van der Waals surface area contributed by atoms with Gasteiger partial charge in [-0.05, 0) is 56.2 Å². The molecule has 1 aliphatic rings. The molecule has 0 unspecified atom stereocenters. The first-order valence-electron chi connectivity index (χ1n) is 7.89. The molecule has 1 amide bonds. The number of carbonyl (C=O) groups is 1. The van der Waals surface area contributed by atoms with Gasteiger partial charge in [0, 0.05) is 41.9 Å². The Balaban J connectivity index is 1.65. The number of anilines is 2. The number of amides is 1. The van der Waals surface area contributed by atoms with Crippen molar-refractivity contribution in [3.05, 3.63) is 53.9 Å². The normalized spacial score (nSPS) is 15.5. The van der Waals surface area contributed by atoms with Crippen LogP contribution in [0.1, 0.15) is 28.9 Å². The van der Waals surface area contributed by atoms with Crippen LogP contribution in [0.25, 0.3) is 0 Å². The van der Waals surface area contributed by atoms with E-state index in [1.807, 2.05) is 37.3 Å². The average Bonchev–Trinajstić information content (AvgIpc) is 2.56. The molecule has 1 saturated heterocycles. The van der Waals surface area contributed by atoms with Crippen LogP contribution in [-0.4, -0.2) is 35.2 Å². The molecule has 3 rings (SSSR count). The van der Waals surface area contributed by atoms with Gasteiger partial charge in [0.2, 0.25) is 0 Å². The molecule has 0 spiro atoms. The van der Waals surface area contributed by atoms with Gasteiger partial charge < -0.3 is 15.3 Å². The number of carbonyl (C=O) groups excluding carboxylic acids is 1. The van der Waals surface area contributed by atoms with Crippen LogP contribution < -0.4 is 10.2 Å². The summed E-state index contributed by atoms with van der Waals surface area (Å²) in [6.07, 6.45) is 3.09. The summed E-state index contributed by atoms with van der Waals surface area (Å²) in [5.74, 6) is -0.129. The lowest BCUT2D eigenvalue weighted by Crippen LogP contribution is -2.35. The molecule has 2 N–H and O–H groups in total. The van der Waals surface area contributed by atoms with Crippen LogP contribution in [0.4, 0.5) is 11.4 Å². The fourth-order valence-electron chi connectivity index (χ4n) is 2.77. The van der Waals surface area contributed by atoms with Crippen LogP contribution in [0.2, 0.25) is 0 Å². The second kappa shape index (κ2) is 6.79. The molecule has 0 atom stereocenters. The molecule has 2 aromatic rings. The Labute approximate surface area is 136 Å². The lowest BCUT2D eigenvalue weighted by atomic mass is 10.1. The van der Waals surface area contributed by atoms with E-state index in [-0.39, 0.29) is 12.0 Å². The summed E-state index contributed by atoms with van der Waals surface area (Å²) in [5.41, 5.74) is 3.33. The van der Waals surface area contributed by atoms with E-state index in [0.717, 1.165) is 43.0 Å². The second-order valence-corrected chi connectivity index (χ2v) is 5.91. The van der Waals surface area contributed by atoms with Crippen molar-refractivity contribution in [2.75, 3.05) is 23.3 Å². The number of aliphatic hydroxyl groups excluding tert-OH is 1. The standard InChI is InChI=1S/C18H21N3O2/c1-13-12-15(6-9-19-13)20-18(23)14-2-4-16(5-3-14)21-10-7-17(22)8-11-21/h2-6,9,12,17,22H,7-8,10-11H2,1H3,(H,19,20,23). The molecule has 0 radical (unpaired) electrons. The molecular formula is C18H21N3O2. The summed E-state index contributed by atoms with van der Waals surface area (Å²) in [6.45, 7) is 3.59. The van der Waals surface area contributed by atoms with Crippen molar-refractivity contribution in [1.29, 1.82) is 0 Å². The maximum Gasteiger partial charge on any atom is 0.255 e. The van der Waals surface area contributed by atoms with Crippen molar-refractivity contribution in [1.82, 2.24) is 4.98 Å². The Morgan fingerprint density at radius 2 is 1.91 bits per heavy atom. The predicted octanol–water partition coefficient (Wildman–Crippen LogP) is 2.60. The minimum absolute atomic E-state index is 0.129. The van der Waals surface area contributed by atoms with Crippen LogP contribution in [-0.2, 0) is 0 Å². The molecule has 1 fully saturated rings. The van der Waals surface area contributed by atoms with Gasteiger partial charge in [-0.25, -0.2) is 0 Å². The maximum absolute atomic E-state index is 12.3. The third-order valence-electron chi connectivity index (χ3n) is 4.11. The van der Waals surface area contributed by atoms with Crippen molar-refractivity contribution in [3.63, 3.8) is 0 Å². The predicted molar refractivity (Wildman–Crippen MR) is 90.8 cm³/mol. The van der Waals surface area contributed by atoms with Gasteiger partial charge in [-0.2, -0.15) is 0 Å². The molecule has 5 nitrogen and oxygen atoms in total. The van der Waals surface area contributed by atoms with Gasteiger partial charge in [-0.1, -0.05) is 0 Å². The number of rotatable bonds is 3. The smallest absolute Gasteiger partial charge is 0.255 e. The molecule has 0 aliphatic carbocycles. The third-order valence-corrected chi connectivity index (χ3v) is 4.11. The highest BCUT2D eigenvalue weighted by molar-refractivity contribution is 6.04. The molecule has 0 saturated carbocycles. The summed E-state index contributed by atoms with van der Waals surface area (Å²) in [5, 5.41) is 12.4. The van der Waals surface area contributed by atoms with E-state index in [0.29, 0.717) is 5.56 Å². The lowest BCUT2D eigenvalue weighted by molar-refractivity contribution is 0.102. The van der Waals surface area contributed by atoms with Crippen molar-refractivity contribution >= 4 is 17.3 Å². The molecule has 1 aliphatic heterocycles. The average molecular weight is 311 g/mol. The maximum atomic E-state index is 12.3. The summed E-state index contributed by atoms with van der Waals surface area (Å²) < 4.78 is 0. The van der Waals surface area contributed by atoms with Crippen LogP contribution in [0.15, 0.2) is 42.6 Å². The number of pyridine rings is 1. The molecule has 1 aromatic carbocycles. The largest absolute Gasteiger partial charge is 0.393 e. The monoisotopic (exact) mass is 311 g/mol. The minimum Gasteiger partial charge on any atom is -0.393 e. The summed E-state index contributed by atoms with van der Waals surface area (Å²) >= 11 is 0. The van der Waals surface area contributed by atoms with Crippen molar-refractivity contribution in [2.24, 2.45) is 0 Å². The van der Waals surface area contributed by atoms with Gasteiger partial charge in [0.05, 0.1) is 6.10 Å². The first kappa shape index (κ1) is 15.5. The van der Waals surface area contributed by atoms with Crippen LogP contribution in [0.3, 0.4) is 0 Å². The minimum atomic E-state index is -0.180. The van der Waals surface area contributed by atoms with E-state index in [4.69, 9.17) is 0 Å². The number of aliphatic hydroxyl groups is 1. The van der Waals surface area contributed by atoms with E-state index in [9.17, 15) is 9.90 Å². The topological polar surface area (TPSA) is 65.5 Å². The molecule has 5 heteroatoms. The summed E-state index contributed by atoms with van der Waals surface area (Å²) in [6, 6.07) is 11.2. The fourth-order valence-corrected chi connectivity index (χ4v) is 2.77. The third kappa shape index (κ3) is 3.87. The highest BCUT2D eigenvalue weighted by atomic mass is 16.3. The van der Waals surface area contributed by atoms with Crippen molar-refractivity contribution in [3.8, 4) is 0 Å². The summed E-state index contributed by atoms with van der Waals surface area (Å²) in [4.78, 5) is 18.6. The highest BCUT2D eigenvalue weighted by Crippen LogP contribution is 2.21. The summed E-state index contributed by atoms with van der Waals surface area (Å²) in [7, 11) is 0. The molecule has 23 heavy (non-hydrogen) atoms. The van der Waals surface area contributed by atoms with Crippen LogP contribution in [0.5, 0.6) is 0 Å². The number of nitrogens with zero attached hydrogens (tertiary/aromatic N) is 2. The zero-order valence-electron chi connectivity index (χ0n) is 13.2. The SMILES string of the molecule is Cc1cc(NC(=O)c2ccc(N3CCC(O)CC3)cc2)ccn1. The van der Waals surface area contributed by atoms with Gasteiger partial charge in [-0.3, -0.25) is 9.78 Å². The number of nitrogens with one attached hydrogen (secondary N) is 1. The first-order valence-corrected chi connectivity index (χ1v) is 7.89. The quantitative estimate of drug-likeness (QED) is 0.914. The van der Waals surface area contributed by atoms with Gasteiger partial charge in [-0.15, -0.1) is 0 Å². The molecule has 1 aromatic heterocycles. The number of hydrogen-bond acceptors (Lipinski definition) is 4. The van der Waals surface area contributed by atoms with E-state index in [2.05, 4.69) is 15.2 Å². The van der Waals surface area contributed by atoms with Crippen molar-refractivity contribution in [2.45, 2.75) is 25.9 Å². The first-order chi connectivity index (χ1) is 11.1. The van der Waals surface area contributed by atoms with E-state index < -0.39 is 0 Å². The number of benzene rings is 1. The number of hydrogen-bond donors (Lipinski definition) is 2. The molecule has 120 valence electrons. The number of aromatic nitrogens is 1. The van der Waals surface area contributed by atoms with Gasteiger partial charge >= 0.3 is 0 Å². The Morgan fingerprint density at radius 3 is 2.57 bits per heavy atom. The van der Waals surface area contributed by atoms with E-state index in [1.54, 1.807) is 12.3 Å². The zero-order chi connectivity index (χ0) is 16.2. The van der Waals surface area contributed by atoms with Crippen LogP contribution in [0, 0.1) is 6.92 Å². The Bertz CT molecular complexity index is 677. The molecular weight excluding hydrogens is 290 g/mol. The molecule has 2 heterocycles. The van der Waals surface area contributed by atoms with Gasteiger partial charge in [0.15, 0.2) is 0 Å². The Morgan fingerprint density at radius 1 is 1.22 bits per heavy atom. The van der Waals surface area contributed by atoms with E-state index >= 15 is 0 Å². The Hall–Kier alpha value is -2.40.